The lowest BCUT2D eigenvalue weighted by Gasteiger charge is -2.33. The molecule has 1 fully saturated rings. The van der Waals surface area contributed by atoms with E-state index in [-0.39, 0.29) is 0 Å². The summed E-state index contributed by atoms with van der Waals surface area (Å²) < 4.78 is 0. The molecule has 0 aliphatic carbocycles. The van der Waals surface area contributed by atoms with Crippen LogP contribution in [0.3, 0.4) is 0 Å². The molecule has 0 aromatic carbocycles. The van der Waals surface area contributed by atoms with Crippen LogP contribution in [0, 0.1) is 5.41 Å². The average Bonchev–Trinajstić information content (AvgIpc) is 1.89. The molecule has 10 heavy (non-hydrogen) atoms. The highest BCUT2D eigenvalue weighted by molar-refractivity contribution is 4.79. The molecule has 1 aliphatic rings. The van der Waals surface area contributed by atoms with Crippen LogP contribution in [0.2, 0.25) is 0 Å². The van der Waals surface area contributed by atoms with Crippen LogP contribution in [0.15, 0.2) is 0 Å². The molecule has 2 N–H and O–H groups in total. The van der Waals surface area contributed by atoms with E-state index < -0.39 is 0 Å². The van der Waals surface area contributed by atoms with Crippen molar-refractivity contribution in [3.05, 3.63) is 0 Å². The first-order chi connectivity index (χ1) is 4.77. The standard InChI is InChI=1S/C8H17NO/c1-8(4-7-10)2-5-9-6-3-8/h9-10H,2-7H2,1H3. The van der Waals surface area contributed by atoms with Gasteiger partial charge in [-0.25, -0.2) is 0 Å². The van der Waals surface area contributed by atoms with Gasteiger partial charge in [-0.1, -0.05) is 6.92 Å². The van der Waals surface area contributed by atoms with Crippen molar-refractivity contribution in [2.75, 3.05) is 19.7 Å². The van der Waals surface area contributed by atoms with E-state index in [1.165, 1.54) is 12.8 Å². The van der Waals surface area contributed by atoms with E-state index in [2.05, 4.69) is 12.2 Å². The third kappa shape index (κ3) is 1.96. The number of aliphatic hydroxyl groups excluding tert-OH is 1. The molecule has 1 heterocycles. The van der Waals surface area contributed by atoms with Crippen LogP contribution >= 0.6 is 0 Å². The van der Waals surface area contributed by atoms with Crippen molar-refractivity contribution in [2.45, 2.75) is 26.2 Å². The van der Waals surface area contributed by atoms with Crippen LogP contribution in [0.4, 0.5) is 0 Å². The van der Waals surface area contributed by atoms with E-state index in [1.54, 1.807) is 0 Å². The Labute approximate surface area is 62.6 Å². The van der Waals surface area contributed by atoms with Crippen LogP contribution in [0.25, 0.3) is 0 Å². The highest BCUT2D eigenvalue weighted by Crippen LogP contribution is 2.30. The van der Waals surface area contributed by atoms with Gasteiger partial charge in [0.2, 0.25) is 0 Å². The zero-order valence-corrected chi connectivity index (χ0v) is 6.69. The Balaban J connectivity index is 2.32. The number of piperidine rings is 1. The molecule has 0 aromatic heterocycles. The molecule has 0 aromatic rings. The summed E-state index contributed by atoms with van der Waals surface area (Å²) in [7, 11) is 0. The number of hydrogen-bond acceptors (Lipinski definition) is 2. The second-order valence-corrected chi connectivity index (χ2v) is 3.53. The van der Waals surface area contributed by atoms with Gasteiger partial charge in [-0.15, -0.1) is 0 Å². The largest absolute Gasteiger partial charge is 0.396 e. The minimum absolute atomic E-state index is 0.344. The Morgan fingerprint density at radius 1 is 1.40 bits per heavy atom. The summed E-state index contributed by atoms with van der Waals surface area (Å²) in [5.41, 5.74) is 0.417. The molecule has 0 bridgehead atoms. The van der Waals surface area contributed by atoms with E-state index in [0.717, 1.165) is 19.5 Å². The molecule has 0 amide bonds. The van der Waals surface area contributed by atoms with Gasteiger partial charge in [-0.3, -0.25) is 0 Å². The van der Waals surface area contributed by atoms with Crippen molar-refractivity contribution in [3.8, 4) is 0 Å². The minimum atomic E-state index is 0.344. The second-order valence-electron chi connectivity index (χ2n) is 3.53. The van der Waals surface area contributed by atoms with Crippen molar-refractivity contribution in [1.82, 2.24) is 5.32 Å². The zero-order chi connectivity index (χ0) is 7.45. The maximum absolute atomic E-state index is 8.76. The Morgan fingerprint density at radius 3 is 2.50 bits per heavy atom. The molecule has 1 rings (SSSR count). The van der Waals surface area contributed by atoms with E-state index >= 15 is 0 Å². The fourth-order valence-corrected chi connectivity index (χ4v) is 1.55. The maximum Gasteiger partial charge on any atom is 0.0436 e. The van der Waals surface area contributed by atoms with Gasteiger partial charge in [0.05, 0.1) is 0 Å². The summed E-state index contributed by atoms with van der Waals surface area (Å²) in [6.45, 7) is 4.85. The molecule has 0 saturated carbocycles. The zero-order valence-electron chi connectivity index (χ0n) is 6.69. The van der Waals surface area contributed by atoms with E-state index in [9.17, 15) is 0 Å². The monoisotopic (exact) mass is 143 g/mol. The van der Waals surface area contributed by atoms with E-state index in [4.69, 9.17) is 5.11 Å². The van der Waals surface area contributed by atoms with Gasteiger partial charge in [-0.2, -0.15) is 0 Å². The van der Waals surface area contributed by atoms with Gasteiger partial charge in [0, 0.05) is 6.61 Å². The number of rotatable bonds is 2. The summed E-state index contributed by atoms with van der Waals surface area (Å²) >= 11 is 0. The third-order valence-electron chi connectivity index (χ3n) is 2.53. The smallest absolute Gasteiger partial charge is 0.0436 e. The lowest BCUT2D eigenvalue weighted by atomic mass is 9.78. The van der Waals surface area contributed by atoms with Crippen molar-refractivity contribution in [3.63, 3.8) is 0 Å². The van der Waals surface area contributed by atoms with Crippen molar-refractivity contribution in [1.29, 1.82) is 0 Å². The van der Waals surface area contributed by atoms with Gasteiger partial charge in [0.25, 0.3) is 0 Å². The van der Waals surface area contributed by atoms with Crippen LogP contribution < -0.4 is 5.32 Å². The first-order valence-corrected chi connectivity index (χ1v) is 4.08. The molecular weight excluding hydrogens is 126 g/mol. The Bertz CT molecular complexity index is 91.9. The second kappa shape index (κ2) is 3.35. The SMILES string of the molecule is CC1(CCO)CCNCC1. The van der Waals surface area contributed by atoms with Crippen molar-refractivity contribution < 1.29 is 5.11 Å². The first-order valence-electron chi connectivity index (χ1n) is 4.08. The molecule has 2 nitrogen and oxygen atoms in total. The van der Waals surface area contributed by atoms with Gasteiger partial charge >= 0.3 is 0 Å². The highest BCUT2D eigenvalue weighted by Gasteiger charge is 2.25. The van der Waals surface area contributed by atoms with Crippen LogP contribution in [0.1, 0.15) is 26.2 Å². The quantitative estimate of drug-likeness (QED) is 0.598. The van der Waals surface area contributed by atoms with Crippen LogP contribution in [-0.4, -0.2) is 24.8 Å². The molecular formula is C8H17NO. The molecule has 1 saturated heterocycles. The van der Waals surface area contributed by atoms with Gasteiger partial charge in [-0.05, 0) is 37.8 Å². The third-order valence-corrected chi connectivity index (χ3v) is 2.53. The van der Waals surface area contributed by atoms with Crippen molar-refractivity contribution >= 4 is 0 Å². The van der Waals surface area contributed by atoms with E-state index in [1.807, 2.05) is 0 Å². The fourth-order valence-electron chi connectivity index (χ4n) is 1.55. The molecule has 0 spiro atoms. The molecule has 2 heteroatoms. The fraction of sp³-hybridized carbons (Fsp3) is 1.00. The normalized spacial score (nSPS) is 24.6. The molecule has 1 aliphatic heterocycles. The average molecular weight is 143 g/mol. The summed E-state index contributed by atoms with van der Waals surface area (Å²) in [6.07, 6.45) is 3.40. The summed E-state index contributed by atoms with van der Waals surface area (Å²) in [4.78, 5) is 0. The predicted molar refractivity (Wildman–Crippen MR) is 41.9 cm³/mol. The number of nitrogens with one attached hydrogen (secondary N) is 1. The topological polar surface area (TPSA) is 32.3 Å². The number of hydrogen-bond donors (Lipinski definition) is 2. The molecule has 0 unspecified atom stereocenters. The Kier molecular flexibility index (Phi) is 2.69. The Hall–Kier alpha value is -0.0800. The maximum atomic E-state index is 8.76. The molecule has 0 atom stereocenters. The highest BCUT2D eigenvalue weighted by atomic mass is 16.3. The Morgan fingerprint density at radius 2 is 2.00 bits per heavy atom. The van der Waals surface area contributed by atoms with Crippen LogP contribution in [-0.2, 0) is 0 Å². The van der Waals surface area contributed by atoms with Crippen LogP contribution in [0.5, 0.6) is 0 Å². The molecule has 60 valence electrons. The number of aliphatic hydroxyl groups is 1. The van der Waals surface area contributed by atoms with Gasteiger partial charge in [0.1, 0.15) is 0 Å². The minimum Gasteiger partial charge on any atom is -0.396 e. The molecule has 0 radical (unpaired) electrons. The van der Waals surface area contributed by atoms with Gasteiger partial charge < -0.3 is 10.4 Å². The van der Waals surface area contributed by atoms with Gasteiger partial charge in [0.15, 0.2) is 0 Å². The summed E-state index contributed by atoms with van der Waals surface area (Å²) in [5.74, 6) is 0. The van der Waals surface area contributed by atoms with E-state index in [0.29, 0.717) is 12.0 Å². The predicted octanol–water partition coefficient (Wildman–Crippen LogP) is 0.759. The lowest BCUT2D eigenvalue weighted by molar-refractivity contribution is 0.156. The summed E-state index contributed by atoms with van der Waals surface area (Å²) in [6, 6.07) is 0. The first kappa shape index (κ1) is 8.02. The van der Waals surface area contributed by atoms with Crippen molar-refractivity contribution in [2.24, 2.45) is 5.41 Å². The summed E-state index contributed by atoms with van der Waals surface area (Å²) in [5, 5.41) is 12.1. The lowest BCUT2D eigenvalue weighted by Crippen LogP contribution is -2.35.